The zero-order valence-electron chi connectivity index (χ0n) is 5.82. The van der Waals surface area contributed by atoms with Gasteiger partial charge in [-0.05, 0) is 0 Å². The minimum atomic E-state index is -3.79. The lowest BCUT2D eigenvalue weighted by atomic mass is 10.7. The van der Waals surface area contributed by atoms with E-state index in [4.69, 9.17) is 4.89 Å². The van der Waals surface area contributed by atoms with Crippen LogP contribution in [-0.4, -0.2) is 30.9 Å². The minimum Gasteiger partial charge on any atom is -0.314 e. The van der Waals surface area contributed by atoms with Gasteiger partial charge in [-0.15, -0.1) is 0 Å². The van der Waals surface area contributed by atoms with Crippen LogP contribution in [0.1, 0.15) is 0 Å². The maximum Gasteiger partial charge on any atom is 0.380 e. The van der Waals surface area contributed by atoms with Crippen molar-refractivity contribution in [1.29, 1.82) is 0 Å². The summed E-state index contributed by atoms with van der Waals surface area (Å²) in [6, 6.07) is 0. The van der Waals surface area contributed by atoms with Gasteiger partial charge in [0.05, 0.1) is 13.2 Å². The first-order valence-electron chi connectivity index (χ1n) is 3.05. The molecule has 0 saturated carbocycles. The number of hydrogen-bond donors (Lipinski definition) is 1. The molecule has 12 heavy (non-hydrogen) atoms. The van der Waals surface area contributed by atoms with Crippen LogP contribution in [0, 0.1) is 0 Å². The molecule has 1 saturated heterocycles. The van der Waals surface area contributed by atoms with Gasteiger partial charge in [-0.3, -0.25) is 13.6 Å². The van der Waals surface area contributed by atoms with Crippen LogP contribution in [0.25, 0.3) is 0 Å². The summed E-state index contributed by atoms with van der Waals surface area (Å²) in [4.78, 5) is 8.98. The van der Waals surface area contributed by atoms with Crippen LogP contribution in [0.2, 0.25) is 0 Å². The summed E-state index contributed by atoms with van der Waals surface area (Å²) in [5, 5.41) is 0. The smallest absolute Gasteiger partial charge is 0.314 e. The van der Waals surface area contributed by atoms with E-state index in [1.54, 1.807) is 0 Å². The van der Waals surface area contributed by atoms with Crippen LogP contribution in [-0.2, 0) is 13.6 Å². The molecular formula is C4H7F3O4P. The van der Waals surface area contributed by atoms with E-state index in [9.17, 15) is 13.2 Å². The third-order valence-electron chi connectivity index (χ3n) is 1.02. The molecule has 73 valence electrons. The number of alkyl halides is 3. The Morgan fingerprint density at radius 3 is 2.17 bits per heavy atom. The lowest BCUT2D eigenvalue weighted by molar-refractivity contribution is -0.0861. The average molecular weight is 207 g/mol. The highest BCUT2D eigenvalue weighted by Gasteiger charge is 2.40. The molecule has 1 aliphatic heterocycles. The van der Waals surface area contributed by atoms with Gasteiger partial charge < -0.3 is 4.89 Å². The predicted octanol–water partition coefficient (Wildman–Crippen LogP) is 1.28. The van der Waals surface area contributed by atoms with E-state index in [0.29, 0.717) is 0 Å². The maximum absolute atomic E-state index is 12.2. The zero-order valence-corrected chi connectivity index (χ0v) is 6.72. The summed E-state index contributed by atoms with van der Waals surface area (Å²) in [5.41, 5.74) is 0. The highest BCUT2D eigenvalue weighted by atomic mass is 31.2. The van der Waals surface area contributed by atoms with Crippen molar-refractivity contribution in [2.75, 3.05) is 13.2 Å². The van der Waals surface area contributed by atoms with Gasteiger partial charge in [0, 0.05) is 0 Å². The molecule has 0 amide bonds. The highest BCUT2D eigenvalue weighted by molar-refractivity contribution is 7.55. The fraction of sp³-hybridized carbons (Fsp3) is 1.00. The first kappa shape index (κ1) is 10.1. The summed E-state index contributed by atoms with van der Waals surface area (Å²) in [5.74, 6) is 0. The molecule has 1 aliphatic rings. The van der Waals surface area contributed by atoms with E-state index >= 15 is 0 Å². The molecule has 1 fully saturated rings. The molecule has 1 N–H and O–H groups in total. The Kier molecular flexibility index (Phi) is 3.25. The van der Waals surface area contributed by atoms with E-state index in [0.717, 1.165) is 0 Å². The van der Waals surface area contributed by atoms with Gasteiger partial charge >= 0.3 is 8.17 Å². The molecule has 8 heteroatoms. The quantitative estimate of drug-likeness (QED) is 0.708. The average Bonchev–Trinajstić information content (AvgIpc) is 2.35. The first-order chi connectivity index (χ1) is 5.53. The molecule has 1 rings (SSSR count). The molecule has 4 nitrogen and oxygen atoms in total. The Morgan fingerprint density at radius 2 is 1.75 bits per heavy atom. The van der Waals surface area contributed by atoms with Gasteiger partial charge in [0.2, 0.25) is 0 Å². The van der Waals surface area contributed by atoms with Crippen LogP contribution in [0.5, 0.6) is 0 Å². The summed E-state index contributed by atoms with van der Waals surface area (Å²) < 4.78 is 47.9. The van der Waals surface area contributed by atoms with Gasteiger partial charge in [0.1, 0.15) is 0 Å². The second-order valence-corrected chi connectivity index (χ2v) is 3.59. The largest absolute Gasteiger partial charge is 0.380 e. The van der Waals surface area contributed by atoms with Crippen LogP contribution in [0.4, 0.5) is 13.2 Å². The molecule has 1 radical (unpaired) electrons. The lowest BCUT2D eigenvalue weighted by Crippen LogP contribution is -2.17. The van der Waals surface area contributed by atoms with Crippen molar-refractivity contribution in [3.63, 3.8) is 0 Å². The van der Waals surface area contributed by atoms with Crippen molar-refractivity contribution in [1.82, 2.24) is 0 Å². The van der Waals surface area contributed by atoms with E-state index in [-0.39, 0.29) is 13.2 Å². The SMILES string of the molecule is O[P]1(OC(F)C(F)F)OCCO1. The Balaban J connectivity index is 2.38. The zero-order chi connectivity index (χ0) is 9.19. The van der Waals surface area contributed by atoms with Gasteiger partial charge in [-0.25, -0.2) is 13.2 Å². The summed E-state index contributed by atoms with van der Waals surface area (Å²) in [6.45, 7) is 0.0282. The van der Waals surface area contributed by atoms with Gasteiger partial charge in [-0.1, -0.05) is 0 Å². The summed E-state index contributed by atoms with van der Waals surface area (Å²) >= 11 is 0. The molecule has 0 aromatic carbocycles. The van der Waals surface area contributed by atoms with Gasteiger partial charge in [0.25, 0.3) is 12.8 Å². The second-order valence-electron chi connectivity index (χ2n) is 1.93. The normalized spacial score (nSPS) is 24.8. The van der Waals surface area contributed by atoms with Crippen molar-refractivity contribution in [3.05, 3.63) is 0 Å². The van der Waals surface area contributed by atoms with Crippen molar-refractivity contribution in [3.8, 4) is 0 Å². The van der Waals surface area contributed by atoms with E-state index in [1.807, 2.05) is 0 Å². The minimum absolute atomic E-state index is 0.0141. The van der Waals surface area contributed by atoms with Gasteiger partial charge in [-0.2, -0.15) is 0 Å². The van der Waals surface area contributed by atoms with E-state index in [1.165, 1.54) is 0 Å². The van der Waals surface area contributed by atoms with Crippen LogP contribution in [0.15, 0.2) is 0 Å². The molecule has 1 atom stereocenters. The fourth-order valence-corrected chi connectivity index (χ4v) is 1.73. The third kappa shape index (κ3) is 2.53. The van der Waals surface area contributed by atoms with Crippen LogP contribution >= 0.6 is 8.17 Å². The molecule has 0 aliphatic carbocycles. The second kappa shape index (κ2) is 3.85. The molecule has 0 aromatic heterocycles. The summed E-state index contributed by atoms with van der Waals surface area (Å²) in [7, 11) is -3.79. The molecule has 1 heterocycles. The van der Waals surface area contributed by atoms with Gasteiger partial charge in [0.15, 0.2) is 0 Å². The van der Waals surface area contributed by atoms with Crippen molar-refractivity contribution < 1.29 is 31.6 Å². The van der Waals surface area contributed by atoms with E-state index in [2.05, 4.69) is 13.6 Å². The third-order valence-corrected chi connectivity index (χ3v) is 2.51. The number of rotatable bonds is 3. The van der Waals surface area contributed by atoms with Crippen LogP contribution < -0.4 is 0 Å². The number of hydrogen-bond acceptors (Lipinski definition) is 4. The molecular weight excluding hydrogens is 200 g/mol. The number of halogens is 3. The Bertz CT molecular complexity index is 151. The standard InChI is InChI=1S/C4H7F3O4P/c5-3(6)4(7)11-12(8)9-1-2-10-12/h3-4,8H,1-2H2. The van der Waals surface area contributed by atoms with Crippen LogP contribution in [0.3, 0.4) is 0 Å². The Hall–Kier alpha value is 0.0600. The fourth-order valence-electron chi connectivity index (χ4n) is 0.577. The van der Waals surface area contributed by atoms with Crippen molar-refractivity contribution >= 4 is 8.17 Å². The molecule has 0 bridgehead atoms. The van der Waals surface area contributed by atoms with E-state index < -0.39 is 21.0 Å². The highest BCUT2D eigenvalue weighted by Crippen LogP contribution is 2.62. The first-order valence-corrected chi connectivity index (χ1v) is 4.54. The molecule has 0 aromatic rings. The topological polar surface area (TPSA) is 47.9 Å². The molecule has 1 unspecified atom stereocenters. The van der Waals surface area contributed by atoms with Crippen molar-refractivity contribution in [2.24, 2.45) is 0 Å². The Labute approximate surface area is 66.9 Å². The maximum atomic E-state index is 12.2. The lowest BCUT2D eigenvalue weighted by Gasteiger charge is -2.21. The summed E-state index contributed by atoms with van der Waals surface area (Å²) in [6.07, 6.45) is -6.19. The monoisotopic (exact) mass is 207 g/mol. The van der Waals surface area contributed by atoms with Crippen molar-refractivity contribution in [2.45, 2.75) is 12.8 Å². The predicted molar refractivity (Wildman–Crippen MR) is 33.0 cm³/mol. The molecule has 0 spiro atoms. The Morgan fingerprint density at radius 1 is 1.25 bits per heavy atom.